The molecular weight excluding hydrogens is 422 g/mol. The molecular formula is C26H23NO6. The summed E-state index contributed by atoms with van der Waals surface area (Å²) in [5.74, 6) is -1.27. The molecule has 1 N–H and O–H groups in total. The van der Waals surface area contributed by atoms with Gasteiger partial charge < -0.3 is 19.5 Å². The van der Waals surface area contributed by atoms with Gasteiger partial charge in [0.25, 0.3) is 5.91 Å². The maximum atomic E-state index is 12.9. The van der Waals surface area contributed by atoms with Gasteiger partial charge in [-0.1, -0.05) is 60.7 Å². The topological polar surface area (TPSA) is 90.9 Å². The molecule has 0 aromatic heterocycles. The van der Waals surface area contributed by atoms with Gasteiger partial charge in [-0.3, -0.25) is 4.79 Å². The molecule has 7 nitrogen and oxygen atoms in total. The predicted octanol–water partition coefficient (Wildman–Crippen LogP) is 4.20. The molecule has 168 valence electrons. The summed E-state index contributed by atoms with van der Waals surface area (Å²) in [6.07, 6.45) is 1.65. The van der Waals surface area contributed by atoms with Crippen molar-refractivity contribution in [3.8, 4) is 5.75 Å². The molecule has 7 heteroatoms. The Balaban J connectivity index is 1.78. The monoisotopic (exact) mass is 445 g/mol. The summed E-state index contributed by atoms with van der Waals surface area (Å²) in [5, 5.41) is 2.57. The van der Waals surface area contributed by atoms with Gasteiger partial charge in [0.1, 0.15) is 5.75 Å². The molecule has 0 spiro atoms. The molecule has 0 aliphatic heterocycles. The lowest BCUT2D eigenvalue weighted by molar-refractivity contribution is -0.141. The largest absolute Gasteiger partial charge is 0.496 e. The van der Waals surface area contributed by atoms with Crippen molar-refractivity contribution in [2.75, 3.05) is 26.1 Å². The molecule has 0 radical (unpaired) electrons. The zero-order chi connectivity index (χ0) is 23.6. The van der Waals surface area contributed by atoms with E-state index in [0.29, 0.717) is 16.9 Å². The number of rotatable bonds is 8. The third kappa shape index (κ3) is 6.07. The molecule has 0 saturated heterocycles. The summed E-state index contributed by atoms with van der Waals surface area (Å²) in [5.41, 5.74) is 2.04. The van der Waals surface area contributed by atoms with E-state index in [4.69, 9.17) is 14.2 Å². The van der Waals surface area contributed by atoms with Crippen molar-refractivity contribution in [2.24, 2.45) is 0 Å². The first-order chi connectivity index (χ1) is 16.0. The number of benzene rings is 3. The van der Waals surface area contributed by atoms with Gasteiger partial charge in [0, 0.05) is 5.56 Å². The second kappa shape index (κ2) is 11.3. The van der Waals surface area contributed by atoms with Crippen LogP contribution in [0.5, 0.6) is 5.75 Å². The molecule has 0 fully saturated rings. The third-order valence-corrected chi connectivity index (χ3v) is 4.68. The molecule has 3 aromatic carbocycles. The number of para-hydroxylation sites is 2. The van der Waals surface area contributed by atoms with Gasteiger partial charge in [0.2, 0.25) is 0 Å². The second-order valence-electron chi connectivity index (χ2n) is 6.83. The van der Waals surface area contributed by atoms with Gasteiger partial charge in [-0.2, -0.15) is 0 Å². The number of hydrogen-bond acceptors (Lipinski definition) is 6. The predicted molar refractivity (Wildman–Crippen MR) is 125 cm³/mol. The fourth-order valence-electron chi connectivity index (χ4n) is 3.09. The number of hydrogen-bond donors (Lipinski definition) is 1. The average molecular weight is 445 g/mol. The number of amides is 1. The summed E-state index contributed by atoms with van der Waals surface area (Å²) in [4.78, 5) is 37.2. The van der Waals surface area contributed by atoms with Gasteiger partial charge in [-0.25, -0.2) is 9.59 Å². The molecule has 3 aromatic rings. The molecule has 33 heavy (non-hydrogen) atoms. The van der Waals surface area contributed by atoms with Gasteiger partial charge in [-0.05, 0) is 29.8 Å². The number of nitrogens with one attached hydrogen (secondary N) is 1. The van der Waals surface area contributed by atoms with E-state index in [1.807, 2.05) is 24.3 Å². The van der Waals surface area contributed by atoms with Gasteiger partial charge in [-0.15, -0.1) is 0 Å². The zero-order valence-corrected chi connectivity index (χ0v) is 18.2. The van der Waals surface area contributed by atoms with Crippen LogP contribution in [-0.2, 0) is 19.1 Å². The Kier molecular flexibility index (Phi) is 7.96. The van der Waals surface area contributed by atoms with E-state index >= 15 is 0 Å². The summed E-state index contributed by atoms with van der Waals surface area (Å²) >= 11 is 0. The first kappa shape index (κ1) is 23.3. The smallest absolute Gasteiger partial charge is 0.339 e. The maximum absolute atomic E-state index is 12.9. The lowest BCUT2D eigenvalue weighted by atomic mass is 10.0. The van der Waals surface area contributed by atoms with Gasteiger partial charge >= 0.3 is 11.9 Å². The Morgan fingerprint density at radius 1 is 0.848 bits per heavy atom. The van der Waals surface area contributed by atoms with E-state index in [2.05, 4.69) is 5.32 Å². The normalized spacial score (nSPS) is 10.8. The van der Waals surface area contributed by atoms with Crippen LogP contribution in [0.3, 0.4) is 0 Å². The first-order valence-corrected chi connectivity index (χ1v) is 10.1. The van der Waals surface area contributed by atoms with Gasteiger partial charge in [0.05, 0.1) is 31.0 Å². The first-order valence-electron chi connectivity index (χ1n) is 10.1. The minimum atomic E-state index is -0.677. The van der Waals surface area contributed by atoms with Crippen molar-refractivity contribution in [3.05, 3.63) is 95.6 Å². The Bertz CT molecular complexity index is 1170. The lowest BCUT2D eigenvalue weighted by Gasteiger charge is -2.12. The highest BCUT2D eigenvalue weighted by Crippen LogP contribution is 2.25. The van der Waals surface area contributed by atoms with Crippen LogP contribution in [0.4, 0.5) is 5.69 Å². The molecule has 0 heterocycles. The third-order valence-electron chi connectivity index (χ3n) is 4.68. The molecule has 0 aliphatic rings. The zero-order valence-electron chi connectivity index (χ0n) is 18.2. The van der Waals surface area contributed by atoms with Crippen LogP contribution in [0.1, 0.15) is 21.5 Å². The van der Waals surface area contributed by atoms with E-state index < -0.39 is 24.5 Å². The van der Waals surface area contributed by atoms with Gasteiger partial charge in [0.15, 0.2) is 6.61 Å². The van der Waals surface area contributed by atoms with Crippen molar-refractivity contribution in [1.82, 2.24) is 0 Å². The molecule has 1 amide bonds. The summed E-state index contributed by atoms with van der Waals surface area (Å²) in [7, 11) is 2.80. The van der Waals surface area contributed by atoms with Crippen molar-refractivity contribution in [3.63, 3.8) is 0 Å². The number of esters is 2. The molecule has 0 unspecified atom stereocenters. The van der Waals surface area contributed by atoms with Crippen LogP contribution in [-0.4, -0.2) is 38.7 Å². The van der Waals surface area contributed by atoms with Crippen LogP contribution in [0.25, 0.3) is 11.6 Å². The number of carbonyl (C=O) groups is 3. The van der Waals surface area contributed by atoms with E-state index in [1.165, 1.54) is 13.2 Å². The molecule has 3 rings (SSSR count). The average Bonchev–Trinajstić information content (AvgIpc) is 2.86. The van der Waals surface area contributed by atoms with Crippen molar-refractivity contribution < 1.29 is 28.6 Å². The minimum Gasteiger partial charge on any atom is -0.496 e. The van der Waals surface area contributed by atoms with Crippen molar-refractivity contribution >= 4 is 35.2 Å². The second-order valence-corrected chi connectivity index (χ2v) is 6.83. The number of methoxy groups -OCH3 is 2. The molecule has 0 aliphatic carbocycles. The van der Waals surface area contributed by atoms with Crippen molar-refractivity contribution in [2.45, 2.75) is 0 Å². The maximum Gasteiger partial charge on any atom is 0.339 e. The standard InChI is InChI=1S/C26H23NO6/c1-31-23-15-9-6-12-19(23)16-21(18-10-4-3-5-11-18)26(30)33-17-24(28)27-22-14-8-7-13-20(22)25(29)32-2/h3-16H,17H2,1-2H3,(H,27,28)/b21-16+. The Morgan fingerprint density at radius 3 is 2.24 bits per heavy atom. The molecule has 0 bridgehead atoms. The highest BCUT2D eigenvalue weighted by atomic mass is 16.5. The summed E-state index contributed by atoms with van der Waals surface area (Å²) < 4.78 is 15.4. The van der Waals surface area contributed by atoms with Crippen LogP contribution in [0.2, 0.25) is 0 Å². The SMILES string of the molecule is COC(=O)c1ccccc1NC(=O)COC(=O)/C(=C/c1ccccc1OC)c1ccccc1. The molecule has 0 atom stereocenters. The van der Waals surface area contributed by atoms with E-state index in [-0.39, 0.29) is 16.8 Å². The van der Waals surface area contributed by atoms with E-state index in [1.54, 1.807) is 61.7 Å². The highest BCUT2D eigenvalue weighted by molar-refractivity contribution is 6.22. The Hall–Kier alpha value is -4.39. The lowest BCUT2D eigenvalue weighted by Crippen LogP contribution is -2.22. The van der Waals surface area contributed by atoms with Crippen molar-refractivity contribution in [1.29, 1.82) is 0 Å². The number of anilines is 1. The Morgan fingerprint density at radius 2 is 1.52 bits per heavy atom. The Labute approximate surface area is 191 Å². The summed E-state index contributed by atoms with van der Waals surface area (Å²) in [6, 6.07) is 22.6. The number of carbonyl (C=O) groups excluding carboxylic acids is 3. The van der Waals surface area contributed by atoms with E-state index in [0.717, 1.165) is 0 Å². The van der Waals surface area contributed by atoms with E-state index in [9.17, 15) is 14.4 Å². The quantitative estimate of drug-likeness (QED) is 0.317. The van der Waals surface area contributed by atoms with Crippen LogP contribution in [0, 0.1) is 0 Å². The molecule has 0 saturated carbocycles. The number of ether oxygens (including phenoxy) is 3. The van der Waals surface area contributed by atoms with Crippen LogP contribution >= 0.6 is 0 Å². The minimum absolute atomic E-state index is 0.195. The summed E-state index contributed by atoms with van der Waals surface area (Å²) in [6.45, 7) is -0.537. The fraction of sp³-hybridized carbons (Fsp3) is 0.115. The van der Waals surface area contributed by atoms with Crippen LogP contribution in [0.15, 0.2) is 78.9 Å². The van der Waals surface area contributed by atoms with Crippen LogP contribution < -0.4 is 10.1 Å². The highest BCUT2D eigenvalue weighted by Gasteiger charge is 2.18. The fourth-order valence-corrected chi connectivity index (χ4v) is 3.09.